The third-order valence-corrected chi connectivity index (χ3v) is 10.8. The second-order valence-corrected chi connectivity index (χ2v) is 14.6. The normalized spacial score (nSPS) is 23.7. The summed E-state index contributed by atoms with van der Waals surface area (Å²) in [4.78, 5) is 60.9. The van der Waals surface area contributed by atoms with Gasteiger partial charge >= 0.3 is 23.5 Å². The van der Waals surface area contributed by atoms with Gasteiger partial charge in [0.15, 0.2) is 11.9 Å². The molecule has 0 saturated carbocycles. The van der Waals surface area contributed by atoms with E-state index in [-0.39, 0.29) is 28.3 Å². The van der Waals surface area contributed by atoms with Gasteiger partial charge in [0.2, 0.25) is 11.9 Å². The van der Waals surface area contributed by atoms with E-state index in [0.29, 0.717) is 0 Å². The van der Waals surface area contributed by atoms with Gasteiger partial charge in [-0.3, -0.25) is 13.9 Å². The average Bonchev–Trinajstić information content (AvgIpc) is 3.55. The average molecular weight is 706 g/mol. The molecular formula is C18H25N6O14P3S2. The molecule has 1 amide bonds. The van der Waals surface area contributed by atoms with Crippen molar-refractivity contribution in [3.63, 3.8) is 0 Å². The molecular weight excluding hydrogens is 681 g/mol. The van der Waals surface area contributed by atoms with Crippen molar-refractivity contribution in [2.75, 3.05) is 18.9 Å². The summed E-state index contributed by atoms with van der Waals surface area (Å²) in [5.74, 6) is -0.662. The molecule has 0 aliphatic carbocycles. The second kappa shape index (κ2) is 13.2. The van der Waals surface area contributed by atoms with Gasteiger partial charge in [0.1, 0.15) is 35.1 Å². The number of nitrogens with zero attached hydrogens (tertiary/aromatic N) is 3. The van der Waals surface area contributed by atoms with E-state index in [9.17, 15) is 33.4 Å². The van der Waals surface area contributed by atoms with Crippen LogP contribution in [-0.2, 0) is 47.7 Å². The Morgan fingerprint density at radius 3 is 2.63 bits per heavy atom. The highest BCUT2D eigenvalue weighted by Crippen LogP contribution is 2.66. The first-order valence-corrected chi connectivity index (χ1v) is 17.5. The van der Waals surface area contributed by atoms with Crippen LogP contribution in [0, 0.1) is 11.6 Å². The predicted molar refractivity (Wildman–Crippen MR) is 148 cm³/mol. The number of anilines is 1. The number of carbonyl (C=O) groups is 1. The molecule has 3 aromatic heterocycles. The molecule has 1 aliphatic heterocycles. The van der Waals surface area contributed by atoms with Gasteiger partial charge in [0.25, 0.3) is 0 Å². The van der Waals surface area contributed by atoms with Crippen molar-refractivity contribution in [3.05, 3.63) is 32.9 Å². The number of aromatic nitrogens is 4. The molecule has 20 nitrogen and oxygen atoms in total. The van der Waals surface area contributed by atoms with Crippen LogP contribution in [0.3, 0.4) is 0 Å². The van der Waals surface area contributed by atoms with Crippen LogP contribution in [0.25, 0.3) is 11.2 Å². The summed E-state index contributed by atoms with van der Waals surface area (Å²) in [6, 6.07) is 1.88. The fourth-order valence-corrected chi connectivity index (χ4v) is 8.00. The lowest BCUT2D eigenvalue weighted by atomic mass is 10.1. The number of ether oxygens (including phenoxy) is 2. The number of H-pyrrole nitrogens is 1. The summed E-state index contributed by atoms with van der Waals surface area (Å²) < 4.78 is 59.6. The Labute approximate surface area is 250 Å². The third-order valence-electron chi connectivity index (χ3n) is 5.67. The van der Waals surface area contributed by atoms with Gasteiger partial charge in [-0.1, -0.05) is 12.2 Å². The van der Waals surface area contributed by atoms with Crippen molar-refractivity contribution in [2.45, 2.75) is 38.0 Å². The number of nitrogens with one attached hydrogen (secondary N) is 2. The number of nitrogen functional groups attached to an aromatic ring is 1. The van der Waals surface area contributed by atoms with Gasteiger partial charge in [-0.05, 0) is 23.9 Å². The molecule has 0 spiro atoms. The molecule has 3 aromatic rings. The van der Waals surface area contributed by atoms with Crippen molar-refractivity contribution in [1.29, 1.82) is 0 Å². The Hall–Kier alpha value is -1.97. The number of nitrogens with two attached hydrogens (primary N) is 1. The first-order chi connectivity index (χ1) is 19.9. The zero-order valence-electron chi connectivity index (χ0n) is 21.7. The lowest BCUT2D eigenvalue weighted by Gasteiger charge is -2.22. The van der Waals surface area contributed by atoms with Crippen LogP contribution in [0.15, 0.2) is 17.8 Å². The molecule has 6 unspecified atom stereocenters. The minimum Gasteiger partial charge on any atom is -0.386 e. The van der Waals surface area contributed by atoms with Crippen molar-refractivity contribution < 1.29 is 65.8 Å². The number of hydrogen-bond donors (Lipinski definition) is 8. The largest absolute Gasteiger partial charge is 0.490 e. The molecule has 4 heterocycles. The van der Waals surface area contributed by atoms with Crippen LogP contribution >= 0.6 is 47.0 Å². The topological polar surface area (TPSA) is 300 Å². The number of phosphoric acid groups is 3. The molecule has 238 valence electrons. The third kappa shape index (κ3) is 8.82. The number of carbonyl (C=O) groups excluding carboxylic acids is 1. The molecule has 1 saturated heterocycles. The number of fused-ring (bicyclic) bond motifs is 1. The van der Waals surface area contributed by atoms with Crippen LogP contribution in [0.2, 0.25) is 0 Å². The lowest BCUT2D eigenvalue weighted by molar-refractivity contribution is -0.131. The van der Waals surface area contributed by atoms with Crippen molar-refractivity contribution in [3.8, 4) is 0 Å². The Balaban J connectivity index is 1.51. The number of imidazole rings is 1. The number of rotatable bonds is 13. The fraction of sp³-hybridized carbons (Fsp3) is 0.444. The fourth-order valence-electron chi connectivity index (χ4n) is 3.88. The molecule has 6 atom stereocenters. The maximum Gasteiger partial charge on any atom is 0.490 e. The molecule has 0 radical (unpaired) electrons. The lowest BCUT2D eigenvalue weighted by Crippen LogP contribution is -2.39. The Bertz CT molecular complexity index is 1690. The van der Waals surface area contributed by atoms with E-state index < -0.39 is 67.1 Å². The summed E-state index contributed by atoms with van der Waals surface area (Å²) in [6.45, 7) is 0.510. The monoisotopic (exact) mass is 706 g/mol. The summed E-state index contributed by atoms with van der Waals surface area (Å²) in [6.07, 6.45) is -4.62. The molecule has 0 aromatic carbocycles. The maximum absolute atomic E-state index is 12.5. The number of aliphatic hydroxyl groups excluding tert-OH is 1. The molecule has 1 aliphatic rings. The van der Waals surface area contributed by atoms with Gasteiger partial charge in [-0.25, -0.2) is 18.7 Å². The van der Waals surface area contributed by atoms with Crippen LogP contribution in [0.5, 0.6) is 0 Å². The number of aryl methyl sites for hydroxylation is 1. The number of aliphatic hydroxyl groups is 1. The smallest absolute Gasteiger partial charge is 0.386 e. The van der Waals surface area contributed by atoms with Gasteiger partial charge < -0.3 is 50.2 Å². The van der Waals surface area contributed by atoms with E-state index in [1.54, 1.807) is 0 Å². The van der Waals surface area contributed by atoms with E-state index in [4.69, 9.17) is 37.2 Å². The molecule has 9 N–H and O–H groups in total. The summed E-state index contributed by atoms with van der Waals surface area (Å²) in [7, 11) is -17.0. The number of hydrogen-bond acceptors (Lipinski definition) is 15. The first-order valence-electron chi connectivity index (χ1n) is 11.7. The van der Waals surface area contributed by atoms with Crippen LogP contribution < -0.4 is 11.1 Å². The van der Waals surface area contributed by atoms with E-state index in [0.717, 1.165) is 10.4 Å². The van der Waals surface area contributed by atoms with Gasteiger partial charge in [-0.2, -0.15) is 13.6 Å². The van der Waals surface area contributed by atoms with Crippen molar-refractivity contribution in [1.82, 2.24) is 24.8 Å². The Morgan fingerprint density at radius 1 is 1.26 bits per heavy atom. The number of amides is 1. The first kappa shape index (κ1) is 33.9. The highest BCUT2D eigenvalue weighted by Gasteiger charge is 2.48. The predicted octanol–water partition coefficient (Wildman–Crippen LogP) is 0.744. The van der Waals surface area contributed by atoms with Crippen LogP contribution in [0.1, 0.15) is 16.7 Å². The highest BCUT2D eigenvalue weighted by molar-refractivity contribution is 7.71. The number of phosphoric ester groups is 1. The minimum absolute atomic E-state index is 0.0820. The van der Waals surface area contributed by atoms with E-state index >= 15 is 0 Å². The van der Waals surface area contributed by atoms with Gasteiger partial charge in [-0.15, -0.1) is 11.3 Å². The van der Waals surface area contributed by atoms with E-state index in [2.05, 4.69) is 33.4 Å². The Kier molecular flexibility index (Phi) is 10.4. The van der Waals surface area contributed by atoms with Gasteiger partial charge in [0, 0.05) is 4.88 Å². The standard InChI is InChI=1S/C18H25N6O14P3S2/c1-8-2-3-43-10(8)4-20-11(25)6-34-14-9(5-35-40(30,31)38-41(32,33)37-39(27,28)29)36-17(13(14)26)24-7-21-12-15(24)22-18(19)23-16(12)42/h2-3,7,9,13-14,17,26H,4-6H2,1H3,(H,20,25)(H,30,31)(H,32,33)(H2,27,28,29)(H3,19,22,23,42). The summed E-state index contributed by atoms with van der Waals surface area (Å²) in [5, 5.41) is 15.6. The molecule has 1 fully saturated rings. The van der Waals surface area contributed by atoms with Crippen LogP contribution in [0.4, 0.5) is 5.95 Å². The molecule has 25 heteroatoms. The minimum atomic E-state index is -5.79. The quantitative estimate of drug-likeness (QED) is 0.0898. The van der Waals surface area contributed by atoms with Crippen LogP contribution in [-0.4, -0.2) is 81.6 Å². The zero-order valence-corrected chi connectivity index (χ0v) is 26.0. The Morgan fingerprint density at radius 2 is 1.98 bits per heavy atom. The summed E-state index contributed by atoms with van der Waals surface area (Å²) in [5.41, 5.74) is 6.99. The second-order valence-electron chi connectivity index (χ2n) is 8.80. The maximum atomic E-state index is 12.5. The molecule has 43 heavy (non-hydrogen) atoms. The number of thiophene rings is 1. The van der Waals surface area contributed by atoms with E-state index in [1.165, 1.54) is 22.2 Å². The van der Waals surface area contributed by atoms with E-state index in [1.807, 2.05) is 18.4 Å². The highest BCUT2D eigenvalue weighted by atomic mass is 32.1. The molecule has 0 bridgehead atoms. The van der Waals surface area contributed by atoms with Crippen molar-refractivity contribution >= 4 is 70.0 Å². The molecule has 4 rings (SSSR count). The van der Waals surface area contributed by atoms with Gasteiger partial charge in [0.05, 0.1) is 19.5 Å². The number of aromatic amines is 1. The van der Waals surface area contributed by atoms with Crippen molar-refractivity contribution in [2.24, 2.45) is 0 Å². The summed E-state index contributed by atoms with van der Waals surface area (Å²) >= 11 is 6.61. The SMILES string of the molecule is Cc1ccsc1CNC(=O)COC1C(COP(=O)(O)OP(=O)(O)OP(=O)(O)O)OC(n2cnc3c(=S)[nH]c(N)nc32)C1O. The zero-order chi connectivity index (χ0) is 31.7.